The summed E-state index contributed by atoms with van der Waals surface area (Å²) in [7, 11) is 0. The van der Waals surface area contributed by atoms with Gasteiger partial charge >= 0.3 is 0 Å². The van der Waals surface area contributed by atoms with Crippen LogP contribution in [0.1, 0.15) is 32.1 Å². The van der Waals surface area contributed by atoms with Crippen molar-refractivity contribution < 1.29 is 0 Å². The predicted octanol–water partition coefficient (Wildman–Crippen LogP) is 2.76. The first kappa shape index (κ1) is 12.0. The fourth-order valence-electron chi connectivity index (χ4n) is 1.78. The van der Waals surface area contributed by atoms with Gasteiger partial charge in [-0.1, -0.05) is 25.3 Å². The van der Waals surface area contributed by atoms with Gasteiger partial charge in [-0.3, -0.25) is 0 Å². The third-order valence-corrected chi connectivity index (χ3v) is 2.45. The van der Waals surface area contributed by atoms with Crippen LogP contribution in [-0.4, -0.2) is 13.1 Å². The van der Waals surface area contributed by atoms with E-state index in [2.05, 4.69) is 11.9 Å². The lowest BCUT2D eigenvalue weighted by Crippen LogP contribution is -2.24. The van der Waals surface area contributed by atoms with Gasteiger partial charge in [0, 0.05) is 6.54 Å². The van der Waals surface area contributed by atoms with Crippen LogP contribution < -0.4 is 5.32 Å². The van der Waals surface area contributed by atoms with Crippen LogP contribution in [0.4, 0.5) is 0 Å². The average molecular weight is 190 g/mol. The highest BCUT2D eigenvalue weighted by Gasteiger charge is 2.11. The van der Waals surface area contributed by atoms with Crippen molar-refractivity contribution in [2.24, 2.45) is 5.92 Å². The molecule has 0 heterocycles. The highest BCUT2D eigenvalue weighted by Crippen LogP contribution is 2.22. The van der Waals surface area contributed by atoms with E-state index in [1.54, 1.807) is 0 Å². The molecule has 2 heteroatoms. The second-order valence-electron chi connectivity index (χ2n) is 3.45. The van der Waals surface area contributed by atoms with Gasteiger partial charge in [0.1, 0.15) is 0 Å². The van der Waals surface area contributed by atoms with Gasteiger partial charge in [-0.05, 0) is 25.3 Å². The lowest BCUT2D eigenvalue weighted by molar-refractivity contribution is 0.347. The van der Waals surface area contributed by atoms with Gasteiger partial charge < -0.3 is 5.32 Å². The van der Waals surface area contributed by atoms with E-state index in [1.807, 2.05) is 6.08 Å². The van der Waals surface area contributed by atoms with Gasteiger partial charge in [-0.15, -0.1) is 19.0 Å². The summed E-state index contributed by atoms with van der Waals surface area (Å²) < 4.78 is 0. The highest BCUT2D eigenvalue weighted by molar-refractivity contribution is 5.85. The number of rotatable bonds is 4. The molecule has 72 valence electrons. The summed E-state index contributed by atoms with van der Waals surface area (Å²) >= 11 is 0. The van der Waals surface area contributed by atoms with Gasteiger partial charge in [-0.25, -0.2) is 0 Å². The Kier molecular flexibility index (Phi) is 7.62. The second kappa shape index (κ2) is 7.63. The Morgan fingerprint density at radius 1 is 1.25 bits per heavy atom. The molecule has 1 aliphatic carbocycles. The molecule has 1 N–H and O–H groups in total. The molecule has 0 unspecified atom stereocenters. The number of nitrogens with one attached hydrogen (secondary N) is 1. The molecule has 1 aliphatic rings. The maximum atomic E-state index is 3.68. The Morgan fingerprint density at radius 3 is 2.50 bits per heavy atom. The number of hydrogen-bond acceptors (Lipinski definition) is 1. The Bertz CT molecular complexity index is 108. The quantitative estimate of drug-likeness (QED) is 0.530. The van der Waals surface area contributed by atoms with E-state index in [-0.39, 0.29) is 12.4 Å². The molecule has 1 nitrogen and oxygen atoms in total. The Hall–Kier alpha value is -0.0100. The van der Waals surface area contributed by atoms with Crippen molar-refractivity contribution in [3.8, 4) is 0 Å². The van der Waals surface area contributed by atoms with E-state index in [1.165, 1.54) is 38.6 Å². The van der Waals surface area contributed by atoms with Crippen LogP contribution in [0.5, 0.6) is 0 Å². The summed E-state index contributed by atoms with van der Waals surface area (Å²) in [5, 5.41) is 3.39. The van der Waals surface area contributed by atoms with Crippen molar-refractivity contribution in [3.05, 3.63) is 12.7 Å². The van der Waals surface area contributed by atoms with Crippen LogP contribution >= 0.6 is 12.4 Å². The molecule has 0 radical (unpaired) electrons. The first-order chi connectivity index (χ1) is 5.43. The Labute approximate surface area is 82.0 Å². The smallest absolute Gasteiger partial charge is 0.0132 e. The van der Waals surface area contributed by atoms with Crippen LogP contribution in [0.2, 0.25) is 0 Å². The van der Waals surface area contributed by atoms with Gasteiger partial charge in [0.15, 0.2) is 0 Å². The fraction of sp³-hybridized carbons (Fsp3) is 0.800. The average Bonchev–Trinajstić information content (AvgIpc) is 2.07. The largest absolute Gasteiger partial charge is 0.313 e. The third-order valence-electron chi connectivity index (χ3n) is 2.45. The molecular weight excluding hydrogens is 170 g/mol. The minimum absolute atomic E-state index is 0. The first-order valence-electron chi connectivity index (χ1n) is 4.75. The molecule has 0 aromatic heterocycles. The number of halogens is 1. The summed E-state index contributed by atoms with van der Waals surface area (Å²) in [5.41, 5.74) is 0. The molecule has 0 atom stereocenters. The molecular formula is C10H20ClN. The zero-order valence-electron chi connectivity index (χ0n) is 7.72. The van der Waals surface area contributed by atoms with Crippen molar-refractivity contribution in [1.29, 1.82) is 0 Å². The summed E-state index contributed by atoms with van der Waals surface area (Å²) in [5.74, 6) is 0.948. The minimum Gasteiger partial charge on any atom is -0.313 e. The molecule has 0 aromatic rings. The van der Waals surface area contributed by atoms with E-state index in [0.29, 0.717) is 0 Å². The van der Waals surface area contributed by atoms with E-state index >= 15 is 0 Å². The fourth-order valence-corrected chi connectivity index (χ4v) is 1.78. The minimum atomic E-state index is 0. The van der Waals surface area contributed by atoms with Crippen LogP contribution in [-0.2, 0) is 0 Å². The van der Waals surface area contributed by atoms with Crippen LogP contribution in [0.25, 0.3) is 0 Å². The highest BCUT2D eigenvalue weighted by atomic mass is 35.5. The molecule has 1 rings (SSSR count). The lowest BCUT2D eigenvalue weighted by atomic mass is 9.89. The maximum Gasteiger partial charge on any atom is 0.0132 e. The third kappa shape index (κ3) is 4.78. The SMILES string of the molecule is C=CCNCC1CCCCC1.Cl. The summed E-state index contributed by atoms with van der Waals surface area (Å²) in [6.45, 7) is 5.85. The molecule has 0 amide bonds. The van der Waals surface area contributed by atoms with Crippen molar-refractivity contribution in [1.82, 2.24) is 5.32 Å². The molecule has 1 saturated carbocycles. The van der Waals surface area contributed by atoms with Crippen LogP contribution in [0, 0.1) is 5.92 Å². The van der Waals surface area contributed by atoms with Gasteiger partial charge in [0.2, 0.25) is 0 Å². The van der Waals surface area contributed by atoms with E-state index in [9.17, 15) is 0 Å². The molecule has 0 aliphatic heterocycles. The predicted molar refractivity (Wildman–Crippen MR) is 56.9 cm³/mol. The molecule has 0 aromatic carbocycles. The molecule has 0 bridgehead atoms. The number of hydrogen-bond donors (Lipinski definition) is 1. The molecule has 1 fully saturated rings. The van der Waals surface area contributed by atoms with E-state index in [4.69, 9.17) is 0 Å². The van der Waals surface area contributed by atoms with Crippen molar-refractivity contribution in [3.63, 3.8) is 0 Å². The topological polar surface area (TPSA) is 12.0 Å². The van der Waals surface area contributed by atoms with Gasteiger partial charge in [-0.2, -0.15) is 0 Å². The standard InChI is InChI=1S/C10H19N.ClH/c1-2-8-11-9-10-6-4-3-5-7-10;/h2,10-11H,1,3-9H2;1H. The van der Waals surface area contributed by atoms with E-state index in [0.717, 1.165) is 12.5 Å². The Balaban J connectivity index is 0.00000121. The summed E-state index contributed by atoms with van der Waals surface area (Å²) in [6.07, 6.45) is 9.15. The molecule has 0 saturated heterocycles. The lowest BCUT2D eigenvalue weighted by Gasteiger charge is -2.21. The van der Waals surface area contributed by atoms with Crippen LogP contribution in [0.3, 0.4) is 0 Å². The van der Waals surface area contributed by atoms with Gasteiger partial charge in [0.05, 0.1) is 0 Å². The van der Waals surface area contributed by atoms with Crippen molar-refractivity contribution in [2.45, 2.75) is 32.1 Å². The molecule has 0 spiro atoms. The van der Waals surface area contributed by atoms with Gasteiger partial charge in [0.25, 0.3) is 0 Å². The van der Waals surface area contributed by atoms with Crippen molar-refractivity contribution in [2.75, 3.05) is 13.1 Å². The normalized spacial score (nSPS) is 18.3. The summed E-state index contributed by atoms with van der Waals surface area (Å²) in [6, 6.07) is 0. The molecule has 12 heavy (non-hydrogen) atoms. The monoisotopic (exact) mass is 189 g/mol. The second-order valence-corrected chi connectivity index (χ2v) is 3.45. The van der Waals surface area contributed by atoms with Crippen LogP contribution in [0.15, 0.2) is 12.7 Å². The first-order valence-corrected chi connectivity index (χ1v) is 4.75. The maximum absolute atomic E-state index is 3.68. The zero-order valence-corrected chi connectivity index (χ0v) is 8.54. The van der Waals surface area contributed by atoms with Crippen molar-refractivity contribution >= 4 is 12.4 Å². The summed E-state index contributed by atoms with van der Waals surface area (Å²) in [4.78, 5) is 0. The van der Waals surface area contributed by atoms with E-state index < -0.39 is 0 Å². The Morgan fingerprint density at radius 2 is 1.92 bits per heavy atom. The zero-order chi connectivity index (χ0) is 7.94.